The first-order chi connectivity index (χ1) is 14.4. The summed E-state index contributed by atoms with van der Waals surface area (Å²) in [5.41, 5.74) is -1.81. The smallest absolute Gasteiger partial charge is 0.398 e. The molecule has 0 aliphatic heterocycles. The Morgan fingerprint density at radius 1 is 0.839 bits per heavy atom. The number of ether oxygens (including phenoxy) is 1. The maximum absolute atomic E-state index is 13.6. The van der Waals surface area contributed by atoms with Crippen LogP contribution in [0.1, 0.15) is 24.0 Å². The molecular weight excluding hydrogens is 426 g/mol. The van der Waals surface area contributed by atoms with Crippen LogP contribution in [0, 0.1) is 11.8 Å². The number of rotatable bonds is 4. The highest BCUT2D eigenvalue weighted by atomic mass is 19.4. The van der Waals surface area contributed by atoms with Crippen molar-refractivity contribution in [1.82, 2.24) is 0 Å². The largest absolute Gasteiger partial charge is 0.460 e. The molecule has 0 saturated heterocycles. The van der Waals surface area contributed by atoms with Gasteiger partial charge in [0.25, 0.3) is 0 Å². The molecule has 166 valence electrons. The summed E-state index contributed by atoms with van der Waals surface area (Å²) < 4.78 is 86.7. The van der Waals surface area contributed by atoms with Gasteiger partial charge in [0.2, 0.25) is 0 Å². The Morgan fingerprint density at radius 2 is 1.29 bits per heavy atom. The number of hydrogen-bond acceptors (Lipinski definition) is 3. The van der Waals surface area contributed by atoms with Crippen LogP contribution in [-0.4, -0.2) is 24.1 Å². The van der Waals surface area contributed by atoms with Gasteiger partial charge in [0.15, 0.2) is 5.78 Å². The molecule has 9 heteroatoms. The van der Waals surface area contributed by atoms with Crippen LogP contribution in [0.25, 0.3) is 0 Å². The fraction of sp³-hybridized carbons (Fsp3) is 0.364. The maximum Gasteiger partial charge on any atom is 0.398 e. The number of ketones is 1. The van der Waals surface area contributed by atoms with Crippen molar-refractivity contribution in [1.29, 1.82) is 0 Å². The summed E-state index contributed by atoms with van der Waals surface area (Å²) in [7, 11) is 0. The Hall–Kier alpha value is -2.84. The molecule has 1 saturated carbocycles. The number of alkyl halides is 6. The first-order valence-corrected chi connectivity index (χ1v) is 9.39. The van der Waals surface area contributed by atoms with Crippen LogP contribution in [0.3, 0.4) is 0 Å². The maximum atomic E-state index is 13.6. The number of hydrogen-bond donors (Lipinski definition) is 0. The molecule has 0 aromatic heterocycles. The summed E-state index contributed by atoms with van der Waals surface area (Å²) in [5.74, 6) is -9.06. The number of Topliss-reactive ketones (excluding diaryl/α,β-unsaturated/α-hetero) is 1. The predicted octanol–water partition coefficient (Wildman–Crippen LogP) is 5.39. The van der Waals surface area contributed by atoms with E-state index in [9.17, 15) is 35.9 Å². The molecule has 3 nitrogen and oxygen atoms in total. The van der Waals surface area contributed by atoms with Crippen LogP contribution in [0.2, 0.25) is 0 Å². The number of carbonyl (C=O) groups excluding carboxylic acids is 2. The van der Waals surface area contributed by atoms with Crippen molar-refractivity contribution in [2.75, 3.05) is 0 Å². The van der Waals surface area contributed by atoms with Crippen LogP contribution in [-0.2, 0) is 26.3 Å². The third kappa shape index (κ3) is 4.75. The minimum Gasteiger partial charge on any atom is -0.460 e. The van der Waals surface area contributed by atoms with Gasteiger partial charge < -0.3 is 4.74 Å². The molecule has 0 heterocycles. The van der Waals surface area contributed by atoms with Gasteiger partial charge in [-0.15, -0.1) is 0 Å². The number of benzene rings is 2. The highest BCUT2D eigenvalue weighted by Crippen LogP contribution is 2.52. The van der Waals surface area contributed by atoms with Crippen molar-refractivity contribution in [3.8, 4) is 0 Å². The fourth-order valence-electron chi connectivity index (χ4n) is 3.92. The van der Waals surface area contributed by atoms with E-state index in [4.69, 9.17) is 4.74 Å². The standard InChI is InChI=1S/C22H18F6O3/c23-21(24,25)16-11-20(15-9-5-2-6-10-15,12-17(18(16)29)22(26,27)28)19(30)31-13-14-7-3-1-4-8-14/h1-10,16-17H,11-13H2. The second kappa shape index (κ2) is 8.36. The van der Waals surface area contributed by atoms with E-state index in [1.165, 1.54) is 30.3 Å². The summed E-state index contributed by atoms with van der Waals surface area (Å²) in [6.07, 6.45) is -12.7. The molecule has 2 aromatic carbocycles. The van der Waals surface area contributed by atoms with Gasteiger partial charge in [0.1, 0.15) is 18.4 Å². The molecule has 0 amide bonds. The van der Waals surface area contributed by atoms with Crippen LogP contribution in [0.4, 0.5) is 26.3 Å². The average molecular weight is 444 g/mol. The summed E-state index contributed by atoms with van der Waals surface area (Å²) in [5, 5.41) is 0. The van der Waals surface area contributed by atoms with Gasteiger partial charge in [-0.1, -0.05) is 60.7 Å². The van der Waals surface area contributed by atoms with Gasteiger partial charge in [-0.3, -0.25) is 9.59 Å². The SMILES string of the molecule is O=C1C(C(F)(F)F)CC(C(=O)OCc2ccccc2)(c2ccccc2)CC1C(F)(F)F. The quantitative estimate of drug-likeness (QED) is 0.469. The van der Waals surface area contributed by atoms with E-state index in [2.05, 4.69) is 0 Å². The lowest BCUT2D eigenvalue weighted by atomic mass is 9.61. The van der Waals surface area contributed by atoms with E-state index in [0.717, 1.165) is 0 Å². The Bertz CT molecular complexity index is 896. The normalized spacial score (nSPS) is 24.6. The van der Waals surface area contributed by atoms with Crippen molar-refractivity contribution >= 4 is 11.8 Å². The highest BCUT2D eigenvalue weighted by Gasteiger charge is 2.64. The third-order valence-electron chi connectivity index (χ3n) is 5.51. The van der Waals surface area contributed by atoms with Crippen LogP contribution >= 0.6 is 0 Å². The Balaban J connectivity index is 2.06. The van der Waals surface area contributed by atoms with Crippen molar-refractivity contribution < 1.29 is 40.7 Å². The fourth-order valence-corrected chi connectivity index (χ4v) is 3.92. The highest BCUT2D eigenvalue weighted by molar-refractivity contribution is 5.92. The van der Waals surface area contributed by atoms with Crippen LogP contribution in [0.5, 0.6) is 0 Å². The number of carbonyl (C=O) groups is 2. The minimum absolute atomic E-state index is 0.0518. The first-order valence-electron chi connectivity index (χ1n) is 9.39. The van der Waals surface area contributed by atoms with Crippen molar-refractivity contribution in [3.63, 3.8) is 0 Å². The zero-order chi connectivity index (χ0) is 22.9. The molecule has 3 rings (SSSR count). The summed E-state index contributed by atoms with van der Waals surface area (Å²) in [4.78, 5) is 25.2. The van der Waals surface area contributed by atoms with Gasteiger partial charge in [0.05, 0.1) is 5.41 Å². The molecule has 0 bridgehead atoms. The van der Waals surface area contributed by atoms with Crippen molar-refractivity contribution in [2.24, 2.45) is 11.8 Å². The summed E-state index contributed by atoms with van der Waals surface area (Å²) >= 11 is 0. The van der Waals surface area contributed by atoms with E-state index >= 15 is 0 Å². The zero-order valence-corrected chi connectivity index (χ0v) is 16.0. The number of esters is 1. The Kier molecular flexibility index (Phi) is 6.16. The molecule has 0 N–H and O–H groups in total. The molecule has 0 radical (unpaired) electrons. The van der Waals surface area contributed by atoms with Gasteiger partial charge >= 0.3 is 18.3 Å². The van der Waals surface area contributed by atoms with Crippen LogP contribution in [0.15, 0.2) is 60.7 Å². The van der Waals surface area contributed by atoms with Gasteiger partial charge in [-0.2, -0.15) is 26.3 Å². The predicted molar refractivity (Wildman–Crippen MR) is 97.7 cm³/mol. The van der Waals surface area contributed by atoms with Crippen LogP contribution < -0.4 is 0 Å². The molecule has 2 atom stereocenters. The Morgan fingerprint density at radius 3 is 1.74 bits per heavy atom. The molecule has 2 aromatic rings. The summed E-state index contributed by atoms with van der Waals surface area (Å²) in [6, 6.07) is 15.1. The van der Waals surface area contributed by atoms with Gasteiger partial charge in [0, 0.05) is 0 Å². The molecule has 2 unspecified atom stereocenters. The second-order valence-corrected chi connectivity index (χ2v) is 7.51. The summed E-state index contributed by atoms with van der Waals surface area (Å²) in [6.45, 7) is -0.324. The molecule has 1 aliphatic rings. The third-order valence-corrected chi connectivity index (χ3v) is 5.51. The lowest BCUT2D eigenvalue weighted by Gasteiger charge is -2.42. The van der Waals surface area contributed by atoms with E-state index in [-0.39, 0.29) is 12.2 Å². The molecule has 1 fully saturated rings. The second-order valence-electron chi connectivity index (χ2n) is 7.51. The van der Waals surface area contributed by atoms with E-state index in [0.29, 0.717) is 5.56 Å². The monoisotopic (exact) mass is 444 g/mol. The Labute approximate surface area is 174 Å². The molecule has 1 aliphatic carbocycles. The zero-order valence-electron chi connectivity index (χ0n) is 16.0. The first kappa shape index (κ1) is 22.8. The van der Waals surface area contributed by atoms with E-state index in [1.54, 1.807) is 30.3 Å². The molecular formula is C22H18F6O3. The lowest BCUT2D eigenvalue weighted by Crippen LogP contribution is -2.55. The van der Waals surface area contributed by atoms with Gasteiger partial charge in [-0.05, 0) is 24.0 Å². The minimum atomic E-state index is -5.24. The average Bonchev–Trinajstić information content (AvgIpc) is 2.72. The van der Waals surface area contributed by atoms with Crippen molar-refractivity contribution in [2.45, 2.75) is 37.2 Å². The molecule has 0 spiro atoms. The number of halogens is 6. The van der Waals surface area contributed by atoms with E-state index < -0.39 is 54.2 Å². The van der Waals surface area contributed by atoms with Crippen molar-refractivity contribution in [3.05, 3.63) is 71.8 Å². The molecule has 31 heavy (non-hydrogen) atoms. The lowest BCUT2D eigenvalue weighted by molar-refractivity contribution is -0.222. The van der Waals surface area contributed by atoms with Gasteiger partial charge in [-0.25, -0.2) is 0 Å². The van der Waals surface area contributed by atoms with E-state index in [1.807, 2.05) is 0 Å². The topological polar surface area (TPSA) is 43.4 Å².